The Hall–Kier alpha value is -0.690. The lowest BCUT2D eigenvalue weighted by molar-refractivity contribution is -0.131. The molecule has 1 saturated heterocycles. The van der Waals surface area contributed by atoms with Crippen molar-refractivity contribution in [3.63, 3.8) is 0 Å². The van der Waals surface area contributed by atoms with Gasteiger partial charge >= 0.3 is 0 Å². The van der Waals surface area contributed by atoms with Gasteiger partial charge in [-0.2, -0.15) is 0 Å². The number of carbonyl (C=O) groups is 1. The van der Waals surface area contributed by atoms with Gasteiger partial charge in [0.25, 0.3) is 0 Å². The predicted octanol–water partition coefficient (Wildman–Crippen LogP) is -0.861. The normalized spacial score (nSPS) is 24.4. The Kier molecular flexibility index (Phi) is 6.56. The summed E-state index contributed by atoms with van der Waals surface area (Å²) in [4.78, 5) is 15.8. The maximum atomic E-state index is 12.0. The second-order valence-electron chi connectivity index (χ2n) is 4.70. The second-order valence-corrected chi connectivity index (χ2v) is 4.70. The summed E-state index contributed by atoms with van der Waals surface area (Å²) in [6.07, 6.45) is 0.943. The van der Waals surface area contributed by atoms with Crippen LogP contribution in [0.4, 0.5) is 0 Å². The summed E-state index contributed by atoms with van der Waals surface area (Å²) in [5.74, 6) is 0.120. The Morgan fingerprint density at radius 3 is 2.33 bits per heavy atom. The van der Waals surface area contributed by atoms with Crippen LogP contribution in [0.3, 0.4) is 0 Å². The van der Waals surface area contributed by atoms with E-state index in [1.165, 1.54) is 0 Å². The standard InChI is InChI=1S/C12H25N3O3/c1-14(6-4-5-13)12(16)9-15-7-10(17-2)11(8-15)18-3/h10-11H,4-9,13H2,1-3H3. The maximum absolute atomic E-state index is 12.0. The van der Waals surface area contributed by atoms with Crippen LogP contribution in [0.15, 0.2) is 0 Å². The van der Waals surface area contributed by atoms with E-state index < -0.39 is 0 Å². The number of amides is 1. The van der Waals surface area contributed by atoms with Crippen molar-refractivity contribution in [3.8, 4) is 0 Å². The molecule has 0 bridgehead atoms. The number of nitrogens with two attached hydrogens (primary N) is 1. The van der Waals surface area contributed by atoms with Crippen LogP contribution in [0.2, 0.25) is 0 Å². The topological polar surface area (TPSA) is 68.0 Å². The number of carbonyl (C=O) groups excluding carboxylic acids is 1. The van der Waals surface area contributed by atoms with Crippen LogP contribution in [0, 0.1) is 0 Å². The van der Waals surface area contributed by atoms with Crippen LogP contribution >= 0.6 is 0 Å². The van der Waals surface area contributed by atoms with Gasteiger partial charge in [0.05, 0.1) is 18.8 Å². The fourth-order valence-electron chi connectivity index (χ4n) is 2.17. The summed E-state index contributed by atoms with van der Waals surface area (Å²) in [7, 11) is 5.17. The molecular weight excluding hydrogens is 234 g/mol. The van der Waals surface area contributed by atoms with E-state index in [4.69, 9.17) is 15.2 Å². The van der Waals surface area contributed by atoms with Crippen molar-refractivity contribution in [2.75, 3.05) is 54.0 Å². The van der Waals surface area contributed by atoms with Crippen LogP contribution in [-0.2, 0) is 14.3 Å². The molecule has 1 heterocycles. The van der Waals surface area contributed by atoms with E-state index in [2.05, 4.69) is 4.90 Å². The van der Waals surface area contributed by atoms with Crippen LogP contribution in [-0.4, -0.2) is 81.9 Å². The number of hydrogen-bond donors (Lipinski definition) is 1. The fourth-order valence-corrected chi connectivity index (χ4v) is 2.17. The molecule has 0 aromatic heterocycles. The van der Waals surface area contributed by atoms with Gasteiger partial charge in [0.2, 0.25) is 5.91 Å². The Labute approximate surface area is 109 Å². The maximum Gasteiger partial charge on any atom is 0.236 e. The monoisotopic (exact) mass is 259 g/mol. The number of nitrogens with zero attached hydrogens (tertiary/aromatic N) is 2. The van der Waals surface area contributed by atoms with Crippen molar-refractivity contribution in [1.82, 2.24) is 9.80 Å². The van der Waals surface area contributed by atoms with E-state index >= 15 is 0 Å². The van der Waals surface area contributed by atoms with Gasteiger partial charge in [0, 0.05) is 40.9 Å². The van der Waals surface area contributed by atoms with E-state index in [1.807, 2.05) is 7.05 Å². The summed E-state index contributed by atoms with van der Waals surface area (Å²) >= 11 is 0. The molecule has 2 unspecified atom stereocenters. The third-order valence-electron chi connectivity index (χ3n) is 3.38. The zero-order valence-corrected chi connectivity index (χ0v) is 11.6. The zero-order chi connectivity index (χ0) is 13.5. The molecule has 2 atom stereocenters. The van der Waals surface area contributed by atoms with Gasteiger partial charge in [0.1, 0.15) is 0 Å². The van der Waals surface area contributed by atoms with Crippen molar-refractivity contribution in [2.24, 2.45) is 5.73 Å². The summed E-state index contributed by atoms with van der Waals surface area (Å²) in [5, 5.41) is 0. The van der Waals surface area contributed by atoms with Crippen molar-refractivity contribution in [3.05, 3.63) is 0 Å². The van der Waals surface area contributed by atoms with E-state index in [0.717, 1.165) is 19.5 Å². The molecule has 1 aliphatic rings. The minimum atomic E-state index is 0.0529. The first kappa shape index (κ1) is 15.4. The van der Waals surface area contributed by atoms with Crippen LogP contribution in [0.1, 0.15) is 6.42 Å². The second kappa shape index (κ2) is 7.68. The zero-order valence-electron chi connectivity index (χ0n) is 11.6. The Balaban J connectivity index is 2.37. The van der Waals surface area contributed by atoms with Gasteiger partial charge in [-0.15, -0.1) is 0 Å². The number of methoxy groups -OCH3 is 2. The van der Waals surface area contributed by atoms with E-state index in [9.17, 15) is 4.79 Å². The third kappa shape index (κ3) is 4.20. The minimum Gasteiger partial charge on any atom is -0.377 e. The Bertz CT molecular complexity index is 251. The predicted molar refractivity (Wildman–Crippen MR) is 69.3 cm³/mol. The van der Waals surface area contributed by atoms with E-state index in [-0.39, 0.29) is 18.1 Å². The molecule has 6 nitrogen and oxygen atoms in total. The molecule has 1 rings (SSSR count). The average molecular weight is 259 g/mol. The minimum absolute atomic E-state index is 0.0529. The Morgan fingerprint density at radius 1 is 1.33 bits per heavy atom. The molecule has 0 radical (unpaired) electrons. The molecule has 0 saturated carbocycles. The van der Waals surface area contributed by atoms with Gasteiger partial charge < -0.3 is 20.1 Å². The van der Waals surface area contributed by atoms with Gasteiger partial charge in [-0.05, 0) is 13.0 Å². The molecule has 18 heavy (non-hydrogen) atoms. The van der Waals surface area contributed by atoms with Crippen molar-refractivity contribution in [2.45, 2.75) is 18.6 Å². The summed E-state index contributed by atoms with van der Waals surface area (Å²) in [6.45, 7) is 3.22. The van der Waals surface area contributed by atoms with Crippen molar-refractivity contribution in [1.29, 1.82) is 0 Å². The number of rotatable bonds is 7. The first-order valence-corrected chi connectivity index (χ1v) is 6.34. The summed E-state index contributed by atoms with van der Waals surface area (Å²) in [5.41, 5.74) is 5.43. The molecular formula is C12H25N3O3. The lowest BCUT2D eigenvalue weighted by Crippen LogP contribution is -2.38. The number of likely N-dealkylation sites (tertiary alicyclic amines) is 1. The van der Waals surface area contributed by atoms with Gasteiger partial charge in [-0.1, -0.05) is 0 Å². The highest BCUT2D eigenvalue weighted by Crippen LogP contribution is 2.15. The van der Waals surface area contributed by atoms with Gasteiger partial charge in [0.15, 0.2) is 0 Å². The molecule has 0 spiro atoms. The van der Waals surface area contributed by atoms with Crippen LogP contribution < -0.4 is 5.73 Å². The van der Waals surface area contributed by atoms with Crippen molar-refractivity contribution < 1.29 is 14.3 Å². The number of likely N-dealkylation sites (N-methyl/N-ethyl adjacent to an activating group) is 1. The summed E-state index contributed by atoms with van der Waals surface area (Å²) < 4.78 is 10.7. The fraction of sp³-hybridized carbons (Fsp3) is 0.917. The quantitative estimate of drug-likeness (QED) is 0.644. The highest BCUT2D eigenvalue weighted by atomic mass is 16.5. The third-order valence-corrected chi connectivity index (χ3v) is 3.38. The van der Waals surface area contributed by atoms with E-state index in [1.54, 1.807) is 19.1 Å². The smallest absolute Gasteiger partial charge is 0.236 e. The van der Waals surface area contributed by atoms with Crippen LogP contribution in [0.5, 0.6) is 0 Å². The molecule has 1 aliphatic heterocycles. The summed E-state index contributed by atoms with van der Waals surface area (Å²) in [6, 6.07) is 0. The SMILES string of the molecule is COC1CN(CC(=O)N(C)CCCN)CC1OC. The van der Waals surface area contributed by atoms with Crippen molar-refractivity contribution >= 4 is 5.91 Å². The first-order chi connectivity index (χ1) is 8.62. The van der Waals surface area contributed by atoms with Crippen LogP contribution in [0.25, 0.3) is 0 Å². The molecule has 0 aromatic rings. The molecule has 6 heteroatoms. The molecule has 1 amide bonds. The number of ether oxygens (including phenoxy) is 2. The molecule has 1 fully saturated rings. The highest BCUT2D eigenvalue weighted by Gasteiger charge is 2.33. The van der Waals surface area contributed by atoms with Gasteiger partial charge in [-0.25, -0.2) is 0 Å². The first-order valence-electron chi connectivity index (χ1n) is 6.34. The molecule has 0 aliphatic carbocycles. The lowest BCUT2D eigenvalue weighted by atomic mass is 10.3. The highest BCUT2D eigenvalue weighted by molar-refractivity contribution is 5.78. The van der Waals surface area contributed by atoms with E-state index in [0.29, 0.717) is 19.6 Å². The molecule has 0 aromatic carbocycles. The largest absolute Gasteiger partial charge is 0.377 e. The molecule has 106 valence electrons. The lowest BCUT2D eigenvalue weighted by Gasteiger charge is -2.21. The number of hydrogen-bond acceptors (Lipinski definition) is 5. The average Bonchev–Trinajstić information content (AvgIpc) is 2.77. The van der Waals surface area contributed by atoms with Gasteiger partial charge in [-0.3, -0.25) is 9.69 Å². The Morgan fingerprint density at radius 2 is 1.89 bits per heavy atom. The molecule has 2 N–H and O–H groups in total.